The van der Waals surface area contributed by atoms with E-state index in [1.165, 1.54) is 0 Å². The van der Waals surface area contributed by atoms with Crippen LogP contribution in [0, 0.1) is 0 Å². The molecular weight excluding hydrogens is 242 g/mol. The lowest BCUT2D eigenvalue weighted by Gasteiger charge is -2.21. The van der Waals surface area contributed by atoms with Crippen LogP contribution in [0.3, 0.4) is 0 Å². The molecular formula is C15H13NO3. The minimum atomic E-state index is -0.927. The molecule has 1 aromatic heterocycles. The predicted molar refractivity (Wildman–Crippen MR) is 69.7 cm³/mol. The first-order chi connectivity index (χ1) is 9.11. The van der Waals surface area contributed by atoms with Gasteiger partial charge in [-0.25, -0.2) is 4.79 Å². The minimum Gasteiger partial charge on any atom is -0.478 e. The Morgan fingerprint density at radius 3 is 2.74 bits per heavy atom. The Balaban J connectivity index is 2.05. The van der Waals surface area contributed by atoms with E-state index >= 15 is 0 Å². The maximum atomic E-state index is 12.0. The number of hydrogen-bond donors (Lipinski definition) is 2. The summed E-state index contributed by atoms with van der Waals surface area (Å²) < 4.78 is 0. The number of carbonyl (C=O) groups is 2. The zero-order chi connectivity index (χ0) is 13.2. The number of benzene rings is 1. The number of aromatic amines is 1. The van der Waals surface area contributed by atoms with Crippen molar-refractivity contribution < 1.29 is 14.7 Å². The quantitative estimate of drug-likeness (QED) is 0.823. The van der Waals surface area contributed by atoms with Crippen molar-refractivity contribution in [2.45, 2.75) is 31.1 Å². The lowest BCUT2D eigenvalue weighted by molar-refractivity contribution is 0.0697. The molecule has 0 atom stereocenters. The number of ketones is 1. The number of carboxylic acids is 1. The molecule has 0 radical (unpaired) electrons. The van der Waals surface area contributed by atoms with Crippen molar-refractivity contribution in [3.05, 3.63) is 35.0 Å². The SMILES string of the molecule is O=C(O)c1ccc2[nH]c3c(c2c1)C1(CCC3=O)CC1. The van der Waals surface area contributed by atoms with Gasteiger partial charge in [-0.05, 0) is 48.4 Å². The largest absolute Gasteiger partial charge is 0.478 e. The van der Waals surface area contributed by atoms with E-state index in [2.05, 4.69) is 4.98 Å². The Kier molecular flexibility index (Phi) is 1.85. The fourth-order valence-electron chi connectivity index (χ4n) is 3.34. The van der Waals surface area contributed by atoms with Crippen molar-refractivity contribution in [1.82, 2.24) is 4.98 Å². The van der Waals surface area contributed by atoms with Crippen LogP contribution in [0.5, 0.6) is 0 Å². The van der Waals surface area contributed by atoms with Crippen LogP contribution < -0.4 is 0 Å². The summed E-state index contributed by atoms with van der Waals surface area (Å²) >= 11 is 0. The number of aromatic nitrogens is 1. The van der Waals surface area contributed by atoms with Crippen LogP contribution in [0.25, 0.3) is 10.9 Å². The van der Waals surface area contributed by atoms with E-state index in [0.29, 0.717) is 12.1 Å². The van der Waals surface area contributed by atoms with Gasteiger partial charge in [0.2, 0.25) is 0 Å². The van der Waals surface area contributed by atoms with E-state index in [9.17, 15) is 9.59 Å². The summed E-state index contributed by atoms with van der Waals surface area (Å²) in [5.41, 5.74) is 3.07. The maximum absolute atomic E-state index is 12.0. The zero-order valence-electron chi connectivity index (χ0n) is 10.3. The van der Waals surface area contributed by atoms with Crippen LogP contribution in [-0.2, 0) is 5.41 Å². The van der Waals surface area contributed by atoms with Gasteiger partial charge in [-0.1, -0.05) is 0 Å². The minimum absolute atomic E-state index is 0.138. The molecule has 2 aromatic rings. The molecule has 1 spiro atoms. The second-order valence-corrected chi connectivity index (χ2v) is 5.64. The Morgan fingerprint density at radius 1 is 1.26 bits per heavy atom. The van der Waals surface area contributed by atoms with Crippen LogP contribution >= 0.6 is 0 Å². The Hall–Kier alpha value is -2.10. The molecule has 0 amide bonds. The molecule has 0 unspecified atom stereocenters. The Morgan fingerprint density at radius 2 is 2.05 bits per heavy atom. The van der Waals surface area contributed by atoms with Crippen LogP contribution in [0.4, 0.5) is 0 Å². The van der Waals surface area contributed by atoms with E-state index in [0.717, 1.165) is 35.7 Å². The van der Waals surface area contributed by atoms with Gasteiger partial charge >= 0.3 is 5.97 Å². The standard InChI is InChI=1S/C15H13NO3/c17-11-3-4-15(5-6-15)12-9-7-8(14(18)19)1-2-10(9)16-13(11)12/h1-2,7,16H,3-6H2,(H,18,19). The summed E-state index contributed by atoms with van der Waals surface area (Å²) in [7, 11) is 0. The summed E-state index contributed by atoms with van der Waals surface area (Å²) in [5.74, 6) is -0.774. The average molecular weight is 255 g/mol. The molecule has 1 saturated carbocycles. The Bertz CT molecular complexity index is 737. The molecule has 1 fully saturated rings. The number of carboxylic acid groups (broad SMARTS) is 1. The molecule has 2 aliphatic carbocycles. The number of rotatable bonds is 1. The summed E-state index contributed by atoms with van der Waals surface area (Å²) in [4.78, 5) is 26.3. The maximum Gasteiger partial charge on any atom is 0.335 e. The molecule has 4 heteroatoms. The van der Waals surface area contributed by atoms with Crippen molar-refractivity contribution >= 4 is 22.7 Å². The van der Waals surface area contributed by atoms with Gasteiger partial charge in [-0.3, -0.25) is 4.79 Å². The van der Waals surface area contributed by atoms with Crippen LogP contribution in [0.1, 0.15) is 52.1 Å². The highest BCUT2D eigenvalue weighted by Crippen LogP contribution is 2.57. The van der Waals surface area contributed by atoms with Gasteiger partial charge in [0, 0.05) is 17.3 Å². The Labute approximate surface area is 109 Å². The van der Waals surface area contributed by atoms with Crippen LogP contribution in [0.2, 0.25) is 0 Å². The van der Waals surface area contributed by atoms with Gasteiger partial charge in [0.1, 0.15) is 0 Å². The number of nitrogens with one attached hydrogen (secondary N) is 1. The molecule has 19 heavy (non-hydrogen) atoms. The van der Waals surface area contributed by atoms with Crippen molar-refractivity contribution in [3.8, 4) is 0 Å². The number of carbonyl (C=O) groups excluding carboxylic acids is 1. The van der Waals surface area contributed by atoms with Gasteiger partial charge in [-0.15, -0.1) is 0 Å². The molecule has 1 aromatic carbocycles. The monoisotopic (exact) mass is 255 g/mol. The molecule has 96 valence electrons. The molecule has 0 saturated heterocycles. The van der Waals surface area contributed by atoms with E-state index < -0.39 is 5.97 Å². The van der Waals surface area contributed by atoms with E-state index in [1.54, 1.807) is 18.2 Å². The van der Waals surface area contributed by atoms with Crippen molar-refractivity contribution in [2.75, 3.05) is 0 Å². The second-order valence-electron chi connectivity index (χ2n) is 5.64. The fourth-order valence-corrected chi connectivity index (χ4v) is 3.34. The highest BCUT2D eigenvalue weighted by atomic mass is 16.4. The van der Waals surface area contributed by atoms with E-state index in [-0.39, 0.29) is 16.8 Å². The van der Waals surface area contributed by atoms with Gasteiger partial charge in [0.05, 0.1) is 11.3 Å². The van der Waals surface area contributed by atoms with Gasteiger partial charge in [0.15, 0.2) is 5.78 Å². The van der Waals surface area contributed by atoms with E-state index in [1.807, 2.05) is 0 Å². The first kappa shape index (κ1) is 10.8. The molecule has 2 aliphatic rings. The van der Waals surface area contributed by atoms with Gasteiger partial charge in [-0.2, -0.15) is 0 Å². The molecule has 4 nitrogen and oxygen atoms in total. The molecule has 2 N–H and O–H groups in total. The van der Waals surface area contributed by atoms with Crippen LogP contribution in [0.15, 0.2) is 18.2 Å². The molecule has 0 aliphatic heterocycles. The van der Waals surface area contributed by atoms with Crippen molar-refractivity contribution in [3.63, 3.8) is 0 Å². The summed E-state index contributed by atoms with van der Waals surface area (Å²) in [6, 6.07) is 5.04. The van der Waals surface area contributed by atoms with Gasteiger partial charge < -0.3 is 10.1 Å². The summed E-state index contributed by atoms with van der Waals surface area (Å²) in [5, 5.41) is 10.0. The number of H-pyrrole nitrogens is 1. The molecule has 0 bridgehead atoms. The predicted octanol–water partition coefficient (Wildman–Crippen LogP) is 2.87. The first-order valence-corrected chi connectivity index (χ1v) is 6.53. The number of hydrogen-bond acceptors (Lipinski definition) is 2. The normalized spacial score (nSPS) is 19.7. The zero-order valence-corrected chi connectivity index (χ0v) is 10.3. The molecule has 4 rings (SSSR count). The third kappa shape index (κ3) is 1.34. The first-order valence-electron chi connectivity index (χ1n) is 6.53. The second kappa shape index (κ2) is 3.26. The highest BCUT2D eigenvalue weighted by molar-refractivity contribution is 6.06. The number of Topliss-reactive ketones (excluding diaryl/α,β-unsaturated/α-hetero) is 1. The highest BCUT2D eigenvalue weighted by Gasteiger charge is 2.50. The topological polar surface area (TPSA) is 70.2 Å². The van der Waals surface area contributed by atoms with Crippen molar-refractivity contribution in [2.24, 2.45) is 0 Å². The van der Waals surface area contributed by atoms with Gasteiger partial charge in [0.25, 0.3) is 0 Å². The third-order valence-electron chi connectivity index (χ3n) is 4.54. The fraction of sp³-hybridized carbons (Fsp3) is 0.333. The number of aromatic carboxylic acids is 1. The molecule has 1 heterocycles. The number of fused-ring (bicyclic) bond motifs is 4. The smallest absolute Gasteiger partial charge is 0.335 e. The lowest BCUT2D eigenvalue weighted by Crippen LogP contribution is -2.20. The summed E-state index contributed by atoms with van der Waals surface area (Å²) in [6.07, 6.45) is 3.73. The van der Waals surface area contributed by atoms with E-state index in [4.69, 9.17) is 5.11 Å². The van der Waals surface area contributed by atoms with Crippen molar-refractivity contribution in [1.29, 1.82) is 0 Å². The lowest BCUT2D eigenvalue weighted by atomic mass is 9.81. The van der Waals surface area contributed by atoms with Crippen LogP contribution in [-0.4, -0.2) is 21.8 Å². The summed E-state index contributed by atoms with van der Waals surface area (Å²) in [6.45, 7) is 0. The average Bonchev–Trinajstić information content (AvgIpc) is 3.05. The third-order valence-corrected chi connectivity index (χ3v) is 4.54.